The molecule has 0 aliphatic carbocycles. The lowest BCUT2D eigenvalue weighted by atomic mass is 10.5. The van der Waals surface area contributed by atoms with Crippen molar-refractivity contribution in [2.24, 2.45) is 0 Å². The summed E-state index contributed by atoms with van der Waals surface area (Å²) < 4.78 is 1.25. The molecule has 7 nitrogen and oxygen atoms in total. The van der Waals surface area contributed by atoms with Crippen molar-refractivity contribution in [3.8, 4) is 5.82 Å². The molecule has 0 unspecified atom stereocenters. The molecule has 0 radical (unpaired) electrons. The molecular weight excluding hydrogens is 186 g/mol. The predicted molar refractivity (Wildman–Crippen MR) is 43.9 cm³/mol. The molecule has 0 aliphatic heterocycles. The Bertz CT molecular complexity index is 452. The summed E-state index contributed by atoms with van der Waals surface area (Å²) in [5.74, 6) is -0.701. The standard InChI is InChI=1S/C7H5N5O2/c13-7(14)5-4-12(11-10-5)6-3-8-1-2-9-6/h1-4H,(H,13,14). The molecule has 0 saturated heterocycles. The Balaban J connectivity index is 2.39. The minimum atomic E-state index is -1.12. The smallest absolute Gasteiger partial charge is 0.358 e. The summed E-state index contributed by atoms with van der Waals surface area (Å²) in [5, 5.41) is 15.6. The van der Waals surface area contributed by atoms with E-state index in [0.717, 1.165) is 0 Å². The number of carboxylic acid groups (broad SMARTS) is 1. The van der Waals surface area contributed by atoms with Gasteiger partial charge >= 0.3 is 5.97 Å². The lowest BCUT2D eigenvalue weighted by Gasteiger charge is -1.94. The molecule has 2 rings (SSSR count). The summed E-state index contributed by atoms with van der Waals surface area (Å²) in [4.78, 5) is 18.2. The van der Waals surface area contributed by atoms with E-state index in [2.05, 4.69) is 20.3 Å². The Kier molecular flexibility index (Phi) is 1.90. The Labute approximate surface area is 78.0 Å². The lowest BCUT2D eigenvalue weighted by molar-refractivity contribution is 0.0690. The molecule has 0 saturated carbocycles. The fourth-order valence-electron chi connectivity index (χ4n) is 0.883. The second kappa shape index (κ2) is 3.21. The molecule has 7 heteroatoms. The summed E-state index contributed by atoms with van der Waals surface area (Å²) in [5.41, 5.74) is -0.129. The SMILES string of the molecule is O=C(O)c1cn(-c2cnccn2)nn1. The van der Waals surface area contributed by atoms with Crippen molar-refractivity contribution >= 4 is 5.97 Å². The van der Waals surface area contributed by atoms with Crippen LogP contribution >= 0.6 is 0 Å². The van der Waals surface area contributed by atoms with E-state index in [9.17, 15) is 4.79 Å². The van der Waals surface area contributed by atoms with Gasteiger partial charge in [0.1, 0.15) is 0 Å². The monoisotopic (exact) mass is 191 g/mol. The molecule has 0 aliphatic rings. The van der Waals surface area contributed by atoms with Crippen LogP contribution in [0.15, 0.2) is 24.8 Å². The molecule has 2 heterocycles. The van der Waals surface area contributed by atoms with Gasteiger partial charge in [0.2, 0.25) is 0 Å². The molecule has 70 valence electrons. The number of carbonyl (C=O) groups is 1. The van der Waals surface area contributed by atoms with E-state index in [-0.39, 0.29) is 5.69 Å². The van der Waals surface area contributed by atoms with Crippen molar-refractivity contribution in [3.05, 3.63) is 30.5 Å². The molecule has 2 aromatic rings. The highest BCUT2D eigenvalue weighted by Crippen LogP contribution is 2.00. The van der Waals surface area contributed by atoms with Crippen LogP contribution in [0.1, 0.15) is 10.5 Å². The highest BCUT2D eigenvalue weighted by molar-refractivity contribution is 5.84. The first-order chi connectivity index (χ1) is 6.77. The first-order valence-electron chi connectivity index (χ1n) is 3.69. The van der Waals surface area contributed by atoms with Gasteiger partial charge in [-0.05, 0) is 0 Å². The summed E-state index contributed by atoms with van der Waals surface area (Å²) in [6.07, 6.45) is 5.72. The zero-order valence-corrected chi connectivity index (χ0v) is 6.90. The third kappa shape index (κ3) is 1.42. The van der Waals surface area contributed by atoms with E-state index in [0.29, 0.717) is 5.82 Å². The predicted octanol–water partition coefficient (Wildman–Crippen LogP) is -0.245. The summed E-state index contributed by atoms with van der Waals surface area (Å²) in [6.45, 7) is 0. The van der Waals surface area contributed by atoms with Crippen LogP contribution in [-0.4, -0.2) is 36.0 Å². The van der Waals surface area contributed by atoms with Gasteiger partial charge in [0.05, 0.1) is 12.4 Å². The third-order valence-electron chi connectivity index (χ3n) is 1.50. The summed E-state index contributed by atoms with van der Waals surface area (Å²) >= 11 is 0. The maximum absolute atomic E-state index is 10.5. The third-order valence-corrected chi connectivity index (χ3v) is 1.50. The molecular formula is C7H5N5O2. The van der Waals surface area contributed by atoms with Crippen molar-refractivity contribution < 1.29 is 9.90 Å². The molecule has 2 aromatic heterocycles. The second-order valence-electron chi connectivity index (χ2n) is 2.42. The van der Waals surface area contributed by atoms with E-state index < -0.39 is 5.97 Å². The maximum atomic E-state index is 10.5. The van der Waals surface area contributed by atoms with Gasteiger partial charge in [-0.2, -0.15) is 4.68 Å². The number of carboxylic acids is 1. The molecule has 0 aromatic carbocycles. The van der Waals surface area contributed by atoms with Gasteiger partial charge in [-0.25, -0.2) is 9.78 Å². The van der Waals surface area contributed by atoms with E-state index in [1.807, 2.05) is 0 Å². The van der Waals surface area contributed by atoms with Crippen LogP contribution in [0.4, 0.5) is 0 Å². The van der Waals surface area contributed by atoms with Gasteiger partial charge in [-0.1, -0.05) is 5.21 Å². The molecule has 0 fully saturated rings. The zero-order valence-electron chi connectivity index (χ0n) is 6.90. The van der Waals surface area contributed by atoms with Crippen LogP contribution in [0.5, 0.6) is 0 Å². The molecule has 0 spiro atoms. The van der Waals surface area contributed by atoms with Crippen molar-refractivity contribution in [1.29, 1.82) is 0 Å². The Morgan fingerprint density at radius 1 is 1.43 bits per heavy atom. The Morgan fingerprint density at radius 3 is 2.86 bits per heavy atom. The van der Waals surface area contributed by atoms with Gasteiger partial charge in [-0.15, -0.1) is 5.10 Å². The lowest BCUT2D eigenvalue weighted by Crippen LogP contribution is -1.98. The van der Waals surface area contributed by atoms with Crippen LogP contribution in [0.3, 0.4) is 0 Å². The first kappa shape index (κ1) is 8.30. The van der Waals surface area contributed by atoms with Crippen molar-refractivity contribution in [1.82, 2.24) is 25.0 Å². The summed E-state index contributed by atoms with van der Waals surface area (Å²) in [7, 11) is 0. The number of aromatic nitrogens is 5. The maximum Gasteiger partial charge on any atom is 0.358 e. The Morgan fingerprint density at radius 2 is 2.29 bits per heavy atom. The number of aromatic carboxylic acids is 1. The fraction of sp³-hybridized carbons (Fsp3) is 0. The van der Waals surface area contributed by atoms with Gasteiger partial charge in [0, 0.05) is 12.4 Å². The number of hydrogen-bond acceptors (Lipinski definition) is 5. The zero-order chi connectivity index (χ0) is 9.97. The molecule has 1 N–H and O–H groups in total. The van der Waals surface area contributed by atoms with Crippen LogP contribution in [0.25, 0.3) is 5.82 Å². The first-order valence-corrected chi connectivity index (χ1v) is 3.69. The minimum absolute atomic E-state index is 0.129. The van der Waals surface area contributed by atoms with E-state index >= 15 is 0 Å². The second-order valence-corrected chi connectivity index (χ2v) is 2.42. The average molecular weight is 191 g/mol. The highest BCUT2D eigenvalue weighted by atomic mass is 16.4. The normalized spacial score (nSPS) is 10.0. The van der Waals surface area contributed by atoms with Crippen LogP contribution in [0, 0.1) is 0 Å². The van der Waals surface area contributed by atoms with Crippen molar-refractivity contribution in [3.63, 3.8) is 0 Å². The van der Waals surface area contributed by atoms with Crippen LogP contribution < -0.4 is 0 Å². The molecule has 14 heavy (non-hydrogen) atoms. The largest absolute Gasteiger partial charge is 0.476 e. The van der Waals surface area contributed by atoms with E-state index in [1.165, 1.54) is 29.5 Å². The van der Waals surface area contributed by atoms with Crippen LogP contribution in [-0.2, 0) is 0 Å². The van der Waals surface area contributed by atoms with E-state index in [1.54, 1.807) is 0 Å². The van der Waals surface area contributed by atoms with Gasteiger partial charge in [0.15, 0.2) is 11.5 Å². The number of nitrogens with zero attached hydrogens (tertiary/aromatic N) is 5. The van der Waals surface area contributed by atoms with Crippen molar-refractivity contribution in [2.45, 2.75) is 0 Å². The van der Waals surface area contributed by atoms with Crippen LogP contribution in [0.2, 0.25) is 0 Å². The molecule has 0 amide bonds. The molecule has 0 bridgehead atoms. The quantitative estimate of drug-likeness (QED) is 0.703. The van der Waals surface area contributed by atoms with E-state index in [4.69, 9.17) is 5.11 Å². The Hall–Kier alpha value is -2.31. The molecule has 0 atom stereocenters. The topological polar surface area (TPSA) is 93.8 Å². The van der Waals surface area contributed by atoms with Gasteiger partial charge < -0.3 is 5.11 Å². The number of rotatable bonds is 2. The number of hydrogen-bond donors (Lipinski definition) is 1. The summed E-state index contributed by atoms with van der Waals surface area (Å²) in [6, 6.07) is 0. The average Bonchev–Trinajstić information content (AvgIpc) is 2.68. The van der Waals surface area contributed by atoms with Crippen molar-refractivity contribution in [2.75, 3.05) is 0 Å². The fourth-order valence-corrected chi connectivity index (χ4v) is 0.883. The minimum Gasteiger partial charge on any atom is -0.476 e. The van der Waals surface area contributed by atoms with Gasteiger partial charge in [0.25, 0.3) is 0 Å². The highest BCUT2D eigenvalue weighted by Gasteiger charge is 2.09. The van der Waals surface area contributed by atoms with Gasteiger partial charge in [-0.3, -0.25) is 4.98 Å².